The van der Waals surface area contributed by atoms with Gasteiger partial charge in [0.2, 0.25) is 0 Å². The van der Waals surface area contributed by atoms with Crippen molar-refractivity contribution in [2.45, 2.75) is 0 Å². The Bertz CT molecular complexity index is 473. The van der Waals surface area contributed by atoms with Crippen molar-refractivity contribution in [3.63, 3.8) is 0 Å². The summed E-state index contributed by atoms with van der Waals surface area (Å²) in [7, 11) is 3.13. The van der Waals surface area contributed by atoms with Gasteiger partial charge in [0.1, 0.15) is 11.5 Å². The molecule has 2 N–H and O–H groups in total. The van der Waals surface area contributed by atoms with Gasteiger partial charge in [-0.1, -0.05) is 0 Å². The molecule has 0 aromatic heterocycles. The molecule has 0 atom stereocenters. The maximum atomic E-state index is 12.2. The molecule has 21 heavy (non-hydrogen) atoms. The molecule has 1 heterocycles. The Morgan fingerprint density at radius 3 is 2.71 bits per heavy atom. The molecule has 0 radical (unpaired) electrons. The SMILES string of the molecule is COc1ccc(C(=O)NCCN2CCNCC2)c(OC)c1. The smallest absolute Gasteiger partial charge is 0.255 e. The number of piperazine rings is 1. The predicted octanol–water partition coefficient (Wildman–Crippen LogP) is 0.339. The van der Waals surface area contributed by atoms with Gasteiger partial charge in [0, 0.05) is 45.3 Å². The molecule has 6 heteroatoms. The van der Waals surface area contributed by atoms with Gasteiger partial charge in [-0.15, -0.1) is 0 Å². The van der Waals surface area contributed by atoms with Gasteiger partial charge in [0.05, 0.1) is 19.8 Å². The Hall–Kier alpha value is -1.79. The van der Waals surface area contributed by atoms with Crippen LogP contribution >= 0.6 is 0 Å². The summed E-state index contributed by atoms with van der Waals surface area (Å²) in [6.45, 7) is 5.59. The largest absolute Gasteiger partial charge is 0.497 e. The van der Waals surface area contributed by atoms with Crippen LogP contribution in [-0.4, -0.2) is 64.3 Å². The van der Waals surface area contributed by atoms with Crippen molar-refractivity contribution in [1.82, 2.24) is 15.5 Å². The zero-order valence-corrected chi connectivity index (χ0v) is 12.6. The maximum absolute atomic E-state index is 12.2. The predicted molar refractivity (Wildman–Crippen MR) is 81.2 cm³/mol. The van der Waals surface area contributed by atoms with E-state index < -0.39 is 0 Å². The van der Waals surface area contributed by atoms with Crippen LogP contribution in [0, 0.1) is 0 Å². The van der Waals surface area contributed by atoms with Crippen LogP contribution in [0.2, 0.25) is 0 Å². The third-order valence-corrected chi connectivity index (χ3v) is 3.58. The van der Waals surface area contributed by atoms with E-state index in [2.05, 4.69) is 15.5 Å². The third-order valence-electron chi connectivity index (χ3n) is 3.58. The summed E-state index contributed by atoms with van der Waals surface area (Å²) in [5.41, 5.74) is 0.526. The first-order chi connectivity index (χ1) is 10.2. The van der Waals surface area contributed by atoms with Crippen LogP contribution in [0.15, 0.2) is 18.2 Å². The van der Waals surface area contributed by atoms with Gasteiger partial charge >= 0.3 is 0 Å². The van der Waals surface area contributed by atoms with E-state index in [4.69, 9.17) is 9.47 Å². The monoisotopic (exact) mass is 293 g/mol. The molecule has 0 aliphatic carbocycles. The second kappa shape index (κ2) is 7.85. The van der Waals surface area contributed by atoms with Crippen molar-refractivity contribution in [2.75, 3.05) is 53.5 Å². The normalized spacial score (nSPS) is 15.5. The minimum Gasteiger partial charge on any atom is -0.497 e. The van der Waals surface area contributed by atoms with Crippen molar-refractivity contribution in [3.8, 4) is 11.5 Å². The summed E-state index contributed by atoms with van der Waals surface area (Å²) in [6, 6.07) is 5.19. The molecular formula is C15H23N3O3. The summed E-state index contributed by atoms with van der Waals surface area (Å²) < 4.78 is 10.4. The van der Waals surface area contributed by atoms with Gasteiger partial charge in [-0.05, 0) is 12.1 Å². The van der Waals surface area contributed by atoms with Crippen LogP contribution in [0.25, 0.3) is 0 Å². The van der Waals surface area contributed by atoms with E-state index >= 15 is 0 Å². The summed E-state index contributed by atoms with van der Waals surface area (Å²) in [5, 5.41) is 6.24. The van der Waals surface area contributed by atoms with Crippen LogP contribution < -0.4 is 20.1 Å². The molecule has 1 aromatic rings. The number of amides is 1. The van der Waals surface area contributed by atoms with Gasteiger partial charge in [0.25, 0.3) is 5.91 Å². The number of nitrogens with zero attached hydrogens (tertiary/aromatic N) is 1. The molecule has 1 amide bonds. The van der Waals surface area contributed by atoms with Crippen LogP contribution in [0.4, 0.5) is 0 Å². The van der Waals surface area contributed by atoms with Gasteiger partial charge in [0.15, 0.2) is 0 Å². The number of methoxy groups -OCH3 is 2. The first-order valence-corrected chi connectivity index (χ1v) is 7.18. The van der Waals surface area contributed by atoms with Crippen molar-refractivity contribution >= 4 is 5.91 Å². The number of hydrogen-bond donors (Lipinski definition) is 2. The molecule has 1 aliphatic rings. The lowest BCUT2D eigenvalue weighted by atomic mass is 10.1. The Kier molecular flexibility index (Phi) is 5.83. The van der Waals surface area contributed by atoms with E-state index in [-0.39, 0.29) is 5.91 Å². The Morgan fingerprint density at radius 1 is 1.29 bits per heavy atom. The van der Waals surface area contributed by atoms with Crippen LogP contribution in [0.5, 0.6) is 11.5 Å². The Labute approximate surface area is 125 Å². The van der Waals surface area contributed by atoms with Gasteiger partial charge in [-0.3, -0.25) is 9.69 Å². The highest BCUT2D eigenvalue weighted by atomic mass is 16.5. The lowest BCUT2D eigenvalue weighted by Gasteiger charge is -2.27. The summed E-state index contributed by atoms with van der Waals surface area (Å²) in [6.07, 6.45) is 0. The molecule has 1 saturated heterocycles. The van der Waals surface area contributed by atoms with E-state index in [1.165, 1.54) is 0 Å². The van der Waals surface area contributed by atoms with Crippen LogP contribution in [0.3, 0.4) is 0 Å². The molecule has 2 rings (SSSR count). The third kappa shape index (κ3) is 4.34. The molecule has 116 valence electrons. The topological polar surface area (TPSA) is 62.8 Å². The molecule has 1 fully saturated rings. The van der Waals surface area contributed by atoms with Crippen molar-refractivity contribution in [3.05, 3.63) is 23.8 Å². The quantitative estimate of drug-likeness (QED) is 0.792. The van der Waals surface area contributed by atoms with Crippen molar-refractivity contribution in [1.29, 1.82) is 0 Å². The minimum atomic E-state index is -0.121. The van der Waals surface area contributed by atoms with Gasteiger partial charge < -0.3 is 20.1 Å². The number of hydrogen-bond acceptors (Lipinski definition) is 5. The summed E-state index contributed by atoms with van der Waals surface area (Å²) in [5.74, 6) is 1.07. The maximum Gasteiger partial charge on any atom is 0.255 e. The lowest BCUT2D eigenvalue weighted by molar-refractivity contribution is 0.0944. The number of rotatable bonds is 6. The molecule has 1 aliphatic heterocycles. The van der Waals surface area contributed by atoms with E-state index in [0.29, 0.717) is 23.6 Å². The second-order valence-electron chi connectivity index (χ2n) is 4.91. The van der Waals surface area contributed by atoms with E-state index in [1.54, 1.807) is 32.4 Å². The molecule has 0 spiro atoms. The zero-order valence-electron chi connectivity index (χ0n) is 12.6. The zero-order chi connectivity index (χ0) is 15.1. The highest BCUT2D eigenvalue weighted by Crippen LogP contribution is 2.24. The molecular weight excluding hydrogens is 270 g/mol. The molecule has 1 aromatic carbocycles. The van der Waals surface area contributed by atoms with Crippen LogP contribution in [-0.2, 0) is 0 Å². The number of benzene rings is 1. The molecule has 6 nitrogen and oxygen atoms in total. The highest BCUT2D eigenvalue weighted by molar-refractivity contribution is 5.97. The first-order valence-electron chi connectivity index (χ1n) is 7.18. The van der Waals surface area contributed by atoms with Crippen molar-refractivity contribution in [2.24, 2.45) is 0 Å². The Balaban J connectivity index is 1.87. The first kappa shape index (κ1) is 15.6. The average molecular weight is 293 g/mol. The average Bonchev–Trinajstić information content (AvgIpc) is 2.55. The number of nitrogens with one attached hydrogen (secondary N) is 2. The minimum absolute atomic E-state index is 0.121. The molecule has 0 unspecified atom stereocenters. The fraction of sp³-hybridized carbons (Fsp3) is 0.533. The van der Waals surface area contributed by atoms with Gasteiger partial charge in [-0.2, -0.15) is 0 Å². The standard InChI is InChI=1S/C15H23N3O3/c1-20-12-3-4-13(14(11-12)21-2)15(19)17-7-10-18-8-5-16-6-9-18/h3-4,11,16H,5-10H2,1-2H3,(H,17,19). The van der Waals surface area contributed by atoms with E-state index in [1.807, 2.05) is 0 Å². The lowest BCUT2D eigenvalue weighted by Crippen LogP contribution is -2.46. The van der Waals surface area contributed by atoms with Gasteiger partial charge in [-0.25, -0.2) is 0 Å². The number of carbonyl (C=O) groups excluding carboxylic acids is 1. The highest BCUT2D eigenvalue weighted by Gasteiger charge is 2.14. The summed E-state index contributed by atoms with van der Waals surface area (Å²) in [4.78, 5) is 14.5. The fourth-order valence-electron chi connectivity index (χ4n) is 2.34. The molecule has 0 bridgehead atoms. The number of carbonyl (C=O) groups is 1. The van der Waals surface area contributed by atoms with E-state index in [0.717, 1.165) is 32.7 Å². The van der Waals surface area contributed by atoms with Crippen molar-refractivity contribution < 1.29 is 14.3 Å². The summed E-state index contributed by atoms with van der Waals surface area (Å²) >= 11 is 0. The van der Waals surface area contributed by atoms with Crippen LogP contribution in [0.1, 0.15) is 10.4 Å². The second-order valence-corrected chi connectivity index (χ2v) is 4.91. The van der Waals surface area contributed by atoms with E-state index in [9.17, 15) is 4.79 Å². The Morgan fingerprint density at radius 2 is 2.05 bits per heavy atom. The fourth-order valence-corrected chi connectivity index (χ4v) is 2.34. The number of ether oxygens (including phenoxy) is 2. The molecule has 0 saturated carbocycles.